The van der Waals surface area contributed by atoms with E-state index in [1.807, 2.05) is 0 Å². The van der Waals surface area contributed by atoms with Crippen LogP contribution in [0.1, 0.15) is 41.5 Å². The summed E-state index contributed by atoms with van der Waals surface area (Å²) in [5.74, 6) is -9.51. The maximum atomic E-state index is 14.3. The minimum atomic E-state index is -1.57. The lowest BCUT2D eigenvalue weighted by Gasteiger charge is -2.55. The highest BCUT2D eigenvalue weighted by molar-refractivity contribution is 6.27. The molecule has 12 nitrogen and oxygen atoms in total. The molecule has 6 atom stereocenters. The van der Waals surface area contributed by atoms with Crippen molar-refractivity contribution in [2.45, 2.75) is 20.8 Å². The van der Waals surface area contributed by atoms with Gasteiger partial charge in [0.1, 0.15) is 0 Å². The molecular formula is C33H30N2O10. The SMILES string of the molecule is CCOC(=O)C1=C(C)C2[C@H]3C(=O)N(c4ccc(C(=O)OC)cc4)C(=O)[C@@H]3C1(C)[C@@H]1C(=O)N(c3ccc(C(=O)OC)cc3)C(=O)[C@@H]21. The first kappa shape index (κ1) is 29.9. The number of allylic oxidation sites excluding steroid dienone is 1. The molecule has 2 unspecified atom stereocenters. The summed E-state index contributed by atoms with van der Waals surface area (Å²) in [5.41, 5.74) is -0.145. The van der Waals surface area contributed by atoms with Crippen LogP contribution in [-0.2, 0) is 38.2 Å². The second-order valence-corrected chi connectivity index (χ2v) is 11.7. The number of carbonyl (C=O) groups excluding carboxylic acids is 7. The minimum Gasteiger partial charge on any atom is -0.465 e. The van der Waals surface area contributed by atoms with Crippen molar-refractivity contribution in [2.75, 3.05) is 30.6 Å². The zero-order chi connectivity index (χ0) is 32.5. The molecule has 232 valence electrons. The number of nitrogens with zero attached hydrogens (tertiary/aromatic N) is 2. The van der Waals surface area contributed by atoms with E-state index in [0.717, 1.165) is 9.80 Å². The first-order valence-electron chi connectivity index (χ1n) is 14.4. The Hall–Kier alpha value is -5.13. The zero-order valence-electron chi connectivity index (χ0n) is 25.2. The Morgan fingerprint density at radius 3 is 1.42 bits per heavy atom. The lowest BCUT2D eigenvalue weighted by atomic mass is 9.43. The van der Waals surface area contributed by atoms with Gasteiger partial charge < -0.3 is 14.2 Å². The number of imide groups is 2. The van der Waals surface area contributed by atoms with Crippen LogP contribution in [0.3, 0.4) is 0 Å². The molecule has 2 aromatic rings. The number of anilines is 2. The van der Waals surface area contributed by atoms with E-state index in [0.29, 0.717) is 5.57 Å². The topological polar surface area (TPSA) is 154 Å². The Kier molecular flexibility index (Phi) is 6.98. The molecule has 2 aliphatic heterocycles. The van der Waals surface area contributed by atoms with Gasteiger partial charge in [-0.15, -0.1) is 0 Å². The van der Waals surface area contributed by atoms with Gasteiger partial charge in [0.25, 0.3) is 0 Å². The number of carbonyl (C=O) groups is 7. The fraction of sp³-hybridized carbons (Fsp3) is 0.364. The molecule has 2 heterocycles. The van der Waals surface area contributed by atoms with Crippen molar-refractivity contribution in [3.8, 4) is 0 Å². The summed E-state index contributed by atoms with van der Waals surface area (Å²) >= 11 is 0. The molecule has 5 aliphatic rings. The van der Waals surface area contributed by atoms with Gasteiger partial charge in [0, 0.05) is 16.9 Å². The van der Waals surface area contributed by atoms with E-state index in [9.17, 15) is 33.6 Å². The molecule has 2 saturated heterocycles. The van der Waals surface area contributed by atoms with Gasteiger partial charge in [0.05, 0.1) is 67.0 Å². The van der Waals surface area contributed by atoms with Crippen LogP contribution < -0.4 is 9.80 Å². The number of esters is 3. The summed E-state index contributed by atoms with van der Waals surface area (Å²) < 4.78 is 14.9. The summed E-state index contributed by atoms with van der Waals surface area (Å²) in [5, 5.41) is 0. The van der Waals surface area contributed by atoms with E-state index < -0.39 is 76.5 Å². The molecule has 0 spiro atoms. The Bertz CT molecular complexity index is 1620. The molecule has 12 heteroatoms. The lowest BCUT2D eigenvalue weighted by Crippen LogP contribution is -2.61. The molecule has 2 bridgehead atoms. The Labute approximate surface area is 257 Å². The van der Waals surface area contributed by atoms with Crippen molar-refractivity contribution in [2.24, 2.45) is 35.0 Å². The second kappa shape index (κ2) is 10.5. The normalized spacial score (nSPS) is 28.3. The molecule has 45 heavy (non-hydrogen) atoms. The quantitative estimate of drug-likeness (QED) is 0.270. The fourth-order valence-electron chi connectivity index (χ4n) is 8.05. The van der Waals surface area contributed by atoms with Crippen molar-refractivity contribution in [1.82, 2.24) is 0 Å². The number of hydrogen-bond acceptors (Lipinski definition) is 10. The number of benzene rings is 2. The van der Waals surface area contributed by atoms with Gasteiger partial charge in [-0.25, -0.2) is 14.4 Å². The summed E-state index contributed by atoms with van der Waals surface area (Å²) in [6.45, 7) is 4.92. The Morgan fingerprint density at radius 1 is 0.667 bits per heavy atom. The van der Waals surface area contributed by atoms with Crippen molar-refractivity contribution >= 4 is 52.9 Å². The molecular weight excluding hydrogens is 584 g/mol. The van der Waals surface area contributed by atoms with Crippen LogP contribution in [0.5, 0.6) is 0 Å². The zero-order valence-corrected chi connectivity index (χ0v) is 25.2. The summed E-state index contributed by atoms with van der Waals surface area (Å²) in [6, 6.07) is 11.5. The van der Waals surface area contributed by atoms with Crippen molar-refractivity contribution in [1.29, 1.82) is 0 Å². The predicted octanol–water partition coefficient (Wildman–Crippen LogP) is 2.70. The van der Waals surface area contributed by atoms with Crippen LogP contribution in [0.2, 0.25) is 0 Å². The fourth-order valence-corrected chi connectivity index (χ4v) is 8.05. The molecule has 4 amide bonds. The molecule has 1 saturated carbocycles. The van der Waals surface area contributed by atoms with E-state index in [-0.39, 0.29) is 34.7 Å². The predicted molar refractivity (Wildman–Crippen MR) is 155 cm³/mol. The highest BCUT2D eigenvalue weighted by Gasteiger charge is 2.77. The van der Waals surface area contributed by atoms with E-state index >= 15 is 0 Å². The van der Waals surface area contributed by atoms with Crippen LogP contribution in [0.25, 0.3) is 0 Å². The largest absolute Gasteiger partial charge is 0.465 e. The van der Waals surface area contributed by atoms with Crippen LogP contribution in [0.15, 0.2) is 59.7 Å². The first-order chi connectivity index (χ1) is 21.4. The molecule has 0 radical (unpaired) electrons. The van der Waals surface area contributed by atoms with Gasteiger partial charge in [-0.2, -0.15) is 0 Å². The van der Waals surface area contributed by atoms with E-state index in [2.05, 4.69) is 0 Å². The summed E-state index contributed by atoms with van der Waals surface area (Å²) in [4.78, 5) is 96.4. The van der Waals surface area contributed by atoms with Crippen LogP contribution in [0, 0.1) is 35.0 Å². The van der Waals surface area contributed by atoms with Gasteiger partial charge in [-0.05, 0) is 62.4 Å². The lowest BCUT2D eigenvalue weighted by molar-refractivity contribution is -0.155. The third-order valence-corrected chi connectivity index (χ3v) is 9.77. The van der Waals surface area contributed by atoms with Gasteiger partial charge >= 0.3 is 17.9 Å². The molecule has 0 N–H and O–H groups in total. The maximum Gasteiger partial charge on any atom is 0.337 e. The third-order valence-electron chi connectivity index (χ3n) is 9.77. The number of rotatable bonds is 6. The van der Waals surface area contributed by atoms with E-state index in [1.54, 1.807) is 20.8 Å². The average molecular weight is 615 g/mol. The maximum absolute atomic E-state index is 14.3. The average Bonchev–Trinajstić information content (AvgIpc) is 3.46. The van der Waals surface area contributed by atoms with Gasteiger partial charge in [-0.1, -0.05) is 12.5 Å². The molecule has 7 rings (SSSR count). The molecule has 2 aromatic carbocycles. The van der Waals surface area contributed by atoms with Crippen molar-refractivity contribution < 1.29 is 47.8 Å². The number of methoxy groups -OCH3 is 2. The number of ether oxygens (including phenoxy) is 3. The van der Waals surface area contributed by atoms with Gasteiger partial charge in [-0.3, -0.25) is 29.0 Å². The monoisotopic (exact) mass is 614 g/mol. The van der Waals surface area contributed by atoms with Gasteiger partial charge in [0.2, 0.25) is 23.6 Å². The number of hydrogen-bond donors (Lipinski definition) is 0. The van der Waals surface area contributed by atoms with Crippen LogP contribution in [0.4, 0.5) is 11.4 Å². The molecule has 3 aliphatic carbocycles. The highest BCUT2D eigenvalue weighted by Crippen LogP contribution is 2.68. The standard InChI is InChI=1S/C33H30N2O10/c1-6-45-32(42)23-15(2)20-21-24(28(38)34(26(21)36)18-11-7-16(8-12-18)30(40)43-4)33(23,3)25-22(20)27(37)35(29(25)39)19-13-9-17(10-14-19)31(41)44-5/h7-14,20-22,24-25H,6H2,1-5H3/t20?,21-,22+,24-,25+,33?. The molecule has 3 fully saturated rings. The Balaban J connectivity index is 1.47. The van der Waals surface area contributed by atoms with Crippen LogP contribution in [-0.4, -0.2) is 62.4 Å². The van der Waals surface area contributed by atoms with Crippen LogP contribution >= 0.6 is 0 Å². The smallest absolute Gasteiger partial charge is 0.337 e. The summed E-state index contributed by atoms with van der Waals surface area (Å²) in [7, 11) is 2.47. The first-order valence-corrected chi connectivity index (χ1v) is 14.4. The van der Waals surface area contributed by atoms with E-state index in [4.69, 9.17) is 14.2 Å². The van der Waals surface area contributed by atoms with Crippen molar-refractivity contribution in [3.63, 3.8) is 0 Å². The summed E-state index contributed by atoms with van der Waals surface area (Å²) in [6.07, 6.45) is 0. The third kappa shape index (κ3) is 3.94. The Morgan fingerprint density at radius 2 is 1.07 bits per heavy atom. The van der Waals surface area contributed by atoms with Crippen molar-refractivity contribution in [3.05, 3.63) is 70.8 Å². The van der Waals surface area contributed by atoms with Gasteiger partial charge in [0.15, 0.2) is 0 Å². The number of amides is 4. The van der Waals surface area contributed by atoms with E-state index in [1.165, 1.54) is 62.8 Å². The second-order valence-electron chi connectivity index (χ2n) is 11.7. The highest BCUT2D eigenvalue weighted by atomic mass is 16.5. The minimum absolute atomic E-state index is 0.0373. The molecule has 0 aromatic heterocycles.